The van der Waals surface area contributed by atoms with Crippen molar-refractivity contribution in [2.24, 2.45) is 0 Å². The van der Waals surface area contributed by atoms with Gasteiger partial charge in [-0.2, -0.15) is 8.42 Å². The van der Waals surface area contributed by atoms with E-state index in [1.54, 1.807) is 0 Å². The molecule has 0 fully saturated rings. The lowest BCUT2D eigenvalue weighted by Crippen LogP contribution is -2.16. The van der Waals surface area contributed by atoms with Gasteiger partial charge in [0, 0.05) is 0 Å². The second-order valence-electron chi connectivity index (χ2n) is 18.6. The van der Waals surface area contributed by atoms with Crippen LogP contribution in [0.2, 0.25) is 0 Å². The number of rotatable bonds is 47. The van der Waals surface area contributed by atoms with E-state index in [0.717, 1.165) is 50.7 Å². The van der Waals surface area contributed by atoms with Crippen molar-refractivity contribution in [1.29, 1.82) is 0 Å². The summed E-state index contributed by atoms with van der Waals surface area (Å²) in [5.41, 5.74) is -0.259. The third-order valence-corrected chi connectivity index (χ3v) is 13.4. The van der Waals surface area contributed by atoms with E-state index in [-0.39, 0.29) is 24.3 Å². The van der Waals surface area contributed by atoms with Gasteiger partial charge in [-0.15, -0.1) is 0 Å². The Balaban J connectivity index is 2.09. The molecule has 0 spiro atoms. The molecule has 370 valence electrons. The van der Waals surface area contributed by atoms with Crippen LogP contribution in [0.15, 0.2) is 47.4 Å². The molecular formula is C56H98O7S. The van der Waals surface area contributed by atoms with Crippen molar-refractivity contribution in [3.8, 4) is 0 Å². The molecule has 1 rings (SSSR count). The van der Waals surface area contributed by atoms with Crippen molar-refractivity contribution in [1.82, 2.24) is 0 Å². The lowest BCUT2D eigenvalue weighted by atomic mass is 10.0. The Morgan fingerprint density at radius 3 is 0.969 bits per heavy atom. The second kappa shape index (κ2) is 44.4. The van der Waals surface area contributed by atoms with E-state index in [0.29, 0.717) is 6.42 Å². The van der Waals surface area contributed by atoms with E-state index in [1.165, 1.54) is 218 Å². The van der Waals surface area contributed by atoms with Gasteiger partial charge in [0.1, 0.15) is 0 Å². The molecule has 0 saturated heterocycles. The van der Waals surface area contributed by atoms with Crippen LogP contribution >= 0.6 is 0 Å². The molecule has 0 aliphatic rings. The van der Waals surface area contributed by atoms with Crippen LogP contribution < -0.4 is 0 Å². The van der Waals surface area contributed by atoms with Crippen molar-refractivity contribution in [2.45, 2.75) is 276 Å². The Kier molecular flexibility index (Phi) is 41.3. The first-order valence-corrected chi connectivity index (χ1v) is 28.5. The number of benzene rings is 1. The van der Waals surface area contributed by atoms with Crippen molar-refractivity contribution >= 4 is 22.1 Å². The molecule has 8 heteroatoms. The van der Waals surface area contributed by atoms with Crippen LogP contribution in [0.25, 0.3) is 0 Å². The summed E-state index contributed by atoms with van der Waals surface area (Å²) in [6, 6.07) is 3.33. The summed E-state index contributed by atoms with van der Waals surface area (Å²) in [5.74, 6) is -1.49. The first-order valence-electron chi connectivity index (χ1n) is 27.1. The topological polar surface area (TPSA) is 107 Å². The van der Waals surface area contributed by atoms with E-state index in [4.69, 9.17) is 9.47 Å². The highest BCUT2D eigenvalue weighted by molar-refractivity contribution is 7.85. The zero-order valence-electron chi connectivity index (χ0n) is 41.5. The Morgan fingerprint density at radius 2 is 0.672 bits per heavy atom. The number of carbonyl (C=O) groups is 2. The van der Waals surface area contributed by atoms with Crippen molar-refractivity contribution in [3.05, 3.63) is 53.6 Å². The van der Waals surface area contributed by atoms with Crippen LogP contribution in [-0.2, 0) is 19.6 Å². The quantitative estimate of drug-likeness (QED) is 0.0300. The lowest BCUT2D eigenvalue weighted by molar-refractivity contribution is 0.0450. The molecule has 0 heterocycles. The maximum absolute atomic E-state index is 13.0. The highest BCUT2D eigenvalue weighted by Gasteiger charge is 2.23. The van der Waals surface area contributed by atoms with Crippen LogP contribution in [0.3, 0.4) is 0 Å². The van der Waals surface area contributed by atoms with E-state index in [2.05, 4.69) is 38.2 Å². The molecule has 0 bridgehead atoms. The molecule has 7 nitrogen and oxygen atoms in total. The normalized spacial score (nSPS) is 11.9. The van der Waals surface area contributed by atoms with Gasteiger partial charge < -0.3 is 9.47 Å². The maximum atomic E-state index is 13.0. The first-order chi connectivity index (χ1) is 31.3. The number of hydrogen-bond donors (Lipinski definition) is 1. The van der Waals surface area contributed by atoms with Gasteiger partial charge in [-0.05, 0) is 69.6 Å². The monoisotopic (exact) mass is 915 g/mol. The van der Waals surface area contributed by atoms with Crippen LogP contribution in [-0.4, -0.2) is 38.1 Å². The van der Waals surface area contributed by atoms with E-state index in [9.17, 15) is 22.6 Å². The predicted molar refractivity (Wildman–Crippen MR) is 271 cm³/mol. The van der Waals surface area contributed by atoms with Crippen molar-refractivity contribution < 1.29 is 32.0 Å². The third kappa shape index (κ3) is 36.7. The Bertz CT molecular complexity index is 1400. The molecule has 0 saturated carbocycles. The Labute approximate surface area is 394 Å². The SMILES string of the molecule is CCCC/C=C/CCCCCCCCCCCCCCCCCCOC(=O)c1ccc(S(=O)(=O)O)cc1C(=O)OCCCCCCCCCCCCCCCCCC/C=C/CCCC. The minimum absolute atomic E-state index is 0.0545. The molecule has 0 aliphatic carbocycles. The number of esters is 2. The fraction of sp³-hybridized carbons (Fsp3) is 0.786. The van der Waals surface area contributed by atoms with Gasteiger partial charge in [-0.3, -0.25) is 4.55 Å². The van der Waals surface area contributed by atoms with Crippen LogP contribution in [0.4, 0.5) is 0 Å². The first kappa shape index (κ1) is 59.6. The molecule has 0 aromatic heterocycles. The summed E-state index contributed by atoms with van der Waals surface area (Å²) < 4.78 is 44.2. The Morgan fingerprint density at radius 1 is 0.406 bits per heavy atom. The summed E-state index contributed by atoms with van der Waals surface area (Å²) in [7, 11) is -4.57. The smallest absolute Gasteiger partial charge is 0.339 e. The fourth-order valence-electron chi connectivity index (χ4n) is 8.31. The van der Waals surface area contributed by atoms with Crippen molar-refractivity contribution in [3.63, 3.8) is 0 Å². The molecule has 0 aliphatic heterocycles. The van der Waals surface area contributed by atoms with E-state index < -0.39 is 27.0 Å². The molecular weight excluding hydrogens is 817 g/mol. The van der Waals surface area contributed by atoms with E-state index in [1.807, 2.05) is 0 Å². The molecule has 1 N–H and O–H groups in total. The zero-order valence-corrected chi connectivity index (χ0v) is 42.4. The second-order valence-corrected chi connectivity index (χ2v) is 20.0. The fourth-order valence-corrected chi connectivity index (χ4v) is 8.82. The summed E-state index contributed by atoms with van der Waals surface area (Å²) in [6.45, 7) is 4.90. The number of allylic oxidation sites excluding steroid dienone is 4. The average Bonchev–Trinajstić information content (AvgIpc) is 3.28. The standard InChI is InChI=1S/C56H98O7S/c1-3-5-7-9-11-13-15-17-19-21-23-25-27-29-31-33-35-37-39-41-43-45-49-62-55(57)53-48-47-52(64(59,60)61)51-54(53)56(58)63-50-46-44-42-40-38-36-34-32-30-28-26-24-22-20-18-16-14-12-10-8-6-4-2/h9-12,47-48,51H,3-8,13-46,49-50H2,1-2H3,(H,59,60,61)/b11-9+,12-10+. The Hall–Kier alpha value is -2.45. The van der Waals surface area contributed by atoms with Gasteiger partial charge in [-0.25, -0.2) is 9.59 Å². The summed E-state index contributed by atoms with van der Waals surface area (Å²) >= 11 is 0. The number of unbranched alkanes of at least 4 members (excludes halogenated alkanes) is 36. The summed E-state index contributed by atoms with van der Waals surface area (Å²) in [6.07, 6.45) is 59.6. The molecule has 1 aromatic carbocycles. The molecule has 64 heavy (non-hydrogen) atoms. The minimum atomic E-state index is -4.57. The van der Waals surface area contributed by atoms with Gasteiger partial charge in [0.05, 0.1) is 29.2 Å². The number of ether oxygens (including phenoxy) is 2. The van der Waals surface area contributed by atoms with Gasteiger partial charge in [0.15, 0.2) is 0 Å². The zero-order chi connectivity index (χ0) is 46.4. The summed E-state index contributed by atoms with van der Waals surface area (Å²) in [4.78, 5) is 25.6. The maximum Gasteiger partial charge on any atom is 0.339 e. The molecule has 1 aromatic rings. The van der Waals surface area contributed by atoms with Crippen LogP contribution in [0.1, 0.15) is 291 Å². The molecule has 0 unspecified atom stereocenters. The largest absolute Gasteiger partial charge is 0.462 e. The number of carbonyl (C=O) groups excluding carboxylic acids is 2. The van der Waals surface area contributed by atoms with Crippen LogP contribution in [0.5, 0.6) is 0 Å². The van der Waals surface area contributed by atoms with Gasteiger partial charge >= 0.3 is 11.9 Å². The molecule has 0 amide bonds. The third-order valence-electron chi connectivity index (χ3n) is 12.5. The van der Waals surface area contributed by atoms with Gasteiger partial charge in [0.2, 0.25) is 0 Å². The minimum Gasteiger partial charge on any atom is -0.462 e. The lowest BCUT2D eigenvalue weighted by Gasteiger charge is -2.11. The highest BCUT2D eigenvalue weighted by atomic mass is 32.2. The van der Waals surface area contributed by atoms with Gasteiger partial charge in [-0.1, -0.05) is 244 Å². The summed E-state index contributed by atoms with van der Waals surface area (Å²) in [5, 5.41) is 0. The predicted octanol–water partition coefficient (Wildman–Crippen LogP) is 18.0. The van der Waals surface area contributed by atoms with Gasteiger partial charge in [0.25, 0.3) is 10.1 Å². The average molecular weight is 915 g/mol. The number of hydrogen-bond acceptors (Lipinski definition) is 6. The van der Waals surface area contributed by atoms with Crippen molar-refractivity contribution in [2.75, 3.05) is 13.2 Å². The highest BCUT2D eigenvalue weighted by Crippen LogP contribution is 2.21. The molecule has 0 radical (unpaired) electrons. The van der Waals surface area contributed by atoms with Crippen LogP contribution in [0, 0.1) is 0 Å². The molecule has 0 atom stereocenters. The van der Waals surface area contributed by atoms with E-state index >= 15 is 0 Å².